The minimum Gasteiger partial charge on any atom is -0.472 e. The number of nitrogens with one attached hydrogen (secondary N) is 1. The average Bonchev–Trinajstić information content (AvgIpc) is 2.91. The number of rotatable bonds is 5. The Labute approximate surface area is 119 Å². The fourth-order valence-electron chi connectivity index (χ4n) is 2.53. The monoisotopic (exact) mass is 300 g/mol. The minimum absolute atomic E-state index is 0.0391. The Morgan fingerprint density at radius 2 is 2.30 bits per heavy atom. The second kappa shape index (κ2) is 6.41. The number of sulfonamides is 1. The topological polar surface area (TPSA) is 79.6 Å². The van der Waals surface area contributed by atoms with E-state index in [2.05, 4.69) is 4.72 Å². The quantitative estimate of drug-likeness (QED) is 0.886. The van der Waals surface area contributed by atoms with Gasteiger partial charge in [-0.15, -0.1) is 0 Å². The molecule has 0 saturated carbocycles. The van der Waals surface area contributed by atoms with Gasteiger partial charge in [-0.3, -0.25) is 4.79 Å². The van der Waals surface area contributed by atoms with Crippen LogP contribution in [0, 0.1) is 0 Å². The summed E-state index contributed by atoms with van der Waals surface area (Å²) < 4.78 is 29.6. The van der Waals surface area contributed by atoms with Gasteiger partial charge in [0.05, 0.1) is 18.1 Å². The van der Waals surface area contributed by atoms with Crippen molar-refractivity contribution in [2.24, 2.45) is 0 Å². The summed E-state index contributed by atoms with van der Waals surface area (Å²) in [5, 5.41) is 0. The van der Waals surface area contributed by atoms with E-state index in [4.69, 9.17) is 4.42 Å². The van der Waals surface area contributed by atoms with Crippen LogP contribution in [0.15, 0.2) is 23.0 Å². The molecule has 1 amide bonds. The smallest absolute Gasteiger partial charge is 0.257 e. The van der Waals surface area contributed by atoms with Crippen molar-refractivity contribution in [2.45, 2.75) is 31.7 Å². The third kappa shape index (κ3) is 4.08. The third-order valence-corrected chi connectivity index (χ3v) is 4.23. The van der Waals surface area contributed by atoms with Gasteiger partial charge in [-0.05, 0) is 31.7 Å². The fraction of sp³-hybridized carbons (Fsp3) is 0.615. The van der Waals surface area contributed by atoms with Gasteiger partial charge in [0.2, 0.25) is 10.0 Å². The molecule has 1 N–H and O–H groups in total. The first-order valence-electron chi connectivity index (χ1n) is 6.75. The van der Waals surface area contributed by atoms with E-state index in [-0.39, 0.29) is 11.9 Å². The first kappa shape index (κ1) is 15.1. The van der Waals surface area contributed by atoms with E-state index >= 15 is 0 Å². The molecule has 0 bridgehead atoms. The van der Waals surface area contributed by atoms with Gasteiger partial charge >= 0.3 is 0 Å². The summed E-state index contributed by atoms with van der Waals surface area (Å²) in [6, 6.07) is 1.74. The van der Waals surface area contributed by atoms with Crippen LogP contribution in [0.3, 0.4) is 0 Å². The highest BCUT2D eigenvalue weighted by Gasteiger charge is 2.27. The molecule has 1 unspecified atom stereocenters. The maximum absolute atomic E-state index is 12.4. The van der Waals surface area contributed by atoms with Crippen molar-refractivity contribution in [3.63, 3.8) is 0 Å². The lowest BCUT2D eigenvalue weighted by Gasteiger charge is -2.35. The van der Waals surface area contributed by atoms with Crippen molar-refractivity contribution < 1.29 is 17.6 Å². The van der Waals surface area contributed by atoms with Crippen LogP contribution in [-0.4, -0.2) is 44.6 Å². The minimum atomic E-state index is -3.17. The fourth-order valence-corrected chi connectivity index (χ4v) is 3.02. The van der Waals surface area contributed by atoms with Gasteiger partial charge in [0.25, 0.3) is 5.91 Å². The van der Waals surface area contributed by atoms with E-state index in [0.29, 0.717) is 25.1 Å². The molecule has 112 valence electrons. The third-order valence-electron chi connectivity index (χ3n) is 3.50. The number of carbonyl (C=O) groups excluding carboxylic acids is 1. The number of carbonyl (C=O) groups is 1. The van der Waals surface area contributed by atoms with Crippen molar-refractivity contribution in [3.05, 3.63) is 24.2 Å². The van der Waals surface area contributed by atoms with Gasteiger partial charge < -0.3 is 9.32 Å². The van der Waals surface area contributed by atoms with Gasteiger partial charge in [-0.1, -0.05) is 0 Å². The molecule has 0 aliphatic carbocycles. The molecule has 1 aromatic heterocycles. The molecule has 2 rings (SSSR count). The highest BCUT2D eigenvalue weighted by Crippen LogP contribution is 2.22. The zero-order valence-electron chi connectivity index (χ0n) is 11.5. The second-order valence-electron chi connectivity index (χ2n) is 5.12. The molecule has 20 heavy (non-hydrogen) atoms. The van der Waals surface area contributed by atoms with Crippen molar-refractivity contribution in [2.75, 3.05) is 19.3 Å². The van der Waals surface area contributed by atoms with Crippen LogP contribution in [0.4, 0.5) is 0 Å². The molecule has 2 heterocycles. The molecule has 1 atom stereocenters. The Balaban J connectivity index is 1.96. The van der Waals surface area contributed by atoms with E-state index in [9.17, 15) is 13.2 Å². The zero-order chi connectivity index (χ0) is 14.6. The molecule has 0 radical (unpaired) electrons. The summed E-state index contributed by atoms with van der Waals surface area (Å²) in [5.41, 5.74) is 0.549. The summed E-state index contributed by atoms with van der Waals surface area (Å²) in [4.78, 5) is 14.2. The number of furan rings is 1. The highest BCUT2D eigenvalue weighted by atomic mass is 32.2. The Bertz CT molecular complexity index is 539. The van der Waals surface area contributed by atoms with Crippen LogP contribution in [0.25, 0.3) is 0 Å². The van der Waals surface area contributed by atoms with Crippen LogP contribution in [0.1, 0.15) is 36.0 Å². The maximum atomic E-state index is 12.4. The lowest BCUT2D eigenvalue weighted by Crippen LogP contribution is -2.45. The Hall–Kier alpha value is -1.34. The number of nitrogens with zero attached hydrogens (tertiary/aromatic N) is 1. The van der Waals surface area contributed by atoms with E-state index in [1.165, 1.54) is 12.5 Å². The molecule has 0 spiro atoms. The zero-order valence-corrected chi connectivity index (χ0v) is 12.4. The van der Waals surface area contributed by atoms with Crippen LogP contribution in [0.5, 0.6) is 0 Å². The lowest BCUT2D eigenvalue weighted by atomic mass is 9.98. The SMILES string of the molecule is CS(=O)(=O)NCCC1CCCCN1C(=O)c1ccoc1. The standard InChI is InChI=1S/C13H20N2O4S/c1-20(17,18)14-7-5-12-4-2-3-8-15(12)13(16)11-6-9-19-10-11/h6,9-10,12,14H,2-5,7-8H2,1H3. The lowest BCUT2D eigenvalue weighted by molar-refractivity contribution is 0.0603. The number of likely N-dealkylation sites (tertiary alicyclic amines) is 1. The molecule has 1 aliphatic rings. The molecular formula is C13H20N2O4S. The molecule has 6 nitrogen and oxygen atoms in total. The van der Waals surface area contributed by atoms with Gasteiger partial charge in [0, 0.05) is 19.1 Å². The Kier molecular flexibility index (Phi) is 4.82. The second-order valence-corrected chi connectivity index (χ2v) is 6.95. The Morgan fingerprint density at radius 3 is 2.95 bits per heavy atom. The van der Waals surface area contributed by atoms with Gasteiger partial charge in [0.15, 0.2) is 0 Å². The van der Waals surface area contributed by atoms with Crippen LogP contribution >= 0.6 is 0 Å². The van der Waals surface area contributed by atoms with Crippen LogP contribution in [-0.2, 0) is 10.0 Å². The van der Waals surface area contributed by atoms with Gasteiger partial charge in [-0.2, -0.15) is 0 Å². The molecule has 0 aromatic carbocycles. The van der Waals surface area contributed by atoms with E-state index < -0.39 is 10.0 Å². The van der Waals surface area contributed by atoms with E-state index in [1.54, 1.807) is 6.07 Å². The first-order valence-corrected chi connectivity index (χ1v) is 8.64. The number of amides is 1. The van der Waals surface area contributed by atoms with Crippen molar-refractivity contribution in [3.8, 4) is 0 Å². The molecule has 1 fully saturated rings. The molecule has 1 aliphatic heterocycles. The van der Waals surface area contributed by atoms with Crippen LogP contribution < -0.4 is 4.72 Å². The molecular weight excluding hydrogens is 280 g/mol. The van der Waals surface area contributed by atoms with Crippen molar-refractivity contribution >= 4 is 15.9 Å². The maximum Gasteiger partial charge on any atom is 0.257 e. The first-order chi connectivity index (χ1) is 9.47. The normalized spacial score (nSPS) is 20.1. The predicted octanol–water partition coefficient (Wildman–Crippen LogP) is 1.21. The van der Waals surface area contributed by atoms with Gasteiger partial charge in [-0.25, -0.2) is 13.1 Å². The Morgan fingerprint density at radius 1 is 1.50 bits per heavy atom. The predicted molar refractivity (Wildman–Crippen MR) is 74.8 cm³/mol. The number of hydrogen-bond donors (Lipinski definition) is 1. The summed E-state index contributed by atoms with van der Waals surface area (Å²) in [6.07, 6.45) is 7.67. The van der Waals surface area contributed by atoms with Crippen LogP contribution in [0.2, 0.25) is 0 Å². The largest absolute Gasteiger partial charge is 0.472 e. The number of hydrogen-bond acceptors (Lipinski definition) is 4. The summed E-state index contributed by atoms with van der Waals surface area (Å²) in [5.74, 6) is -0.0391. The van der Waals surface area contributed by atoms with Gasteiger partial charge in [0.1, 0.15) is 6.26 Å². The summed E-state index contributed by atoms with van der Waals surface area (Å²) in [6.45, 7) is 1.08. The highest BCUT2D eigenvalue weighted by molar-refractivity contribution is 7.88. The summed E-state index contributed by atoms with van der Waals surface area (Å²) >= 11 is 0. The van der Waals surface area contributed by atoms with Crippen molar-refractivity contribution in [1.29, 1.82) is 0 Å². The summed E-state index contributed by atoms with van der Waals surface area (Å²) in [7, 11) is -3.17. The van der Waals surface area contributed by atoms with E-state index in [1.807, 2.05) is 4.90 Å². The van der Waals surface area contributed by atoms with E-state index in [0.717, 1.165) is 25.5 Å². The molecule has 1 saturated heterocycles. The molecule has 7 heteroatoms. The van der Waals surface area contributed by atoms with Crippen molar-refractivity contribution in [1.82, 2.24) is 9.62 Å². The number of piperidine rings is 1. The molecule has 1 aromatic rings. The average molecular weight is 300 g/mol.